The highest BCUT2D eigenvalue weighted by molar-refractivity contribution is 5.95. The van der Waals surface area contributed by atoms with Gasteiger partial charge in [-0.2, -0.15) is 5.10 Å². The number of benzene rings is 1. The number of nitrogens with one attached hydrogen (secondary N) is 1. The van der Waals surface area contributed by atoms with Gasteiger partial charge in [0.05, 0.1) is 43.0 Å². The lowest BCUT2D eigenvalue weighted by Gasteiger charge is -2.37. The third-order valence-corrected chi connectivity index (χ3v) is 5.22. The zero-order chi connectivity index (χ0) is 21.3. The summed E-state index contributed by atoms with van der Waals surface area (Å²) in [7, 11) is 0. The number of nitrogens with two attached hydrogens (primary N) is 1. The number of halogens is 1. The van der Waals surface area contributed by atoms with Gasteiger partial charge in [0, 0.05) is 18.5 Å². The predicted octanol–water partition coefficient (Wildman–Crippen LogP) is 1.17. The van der Waals surface area contributed by atoms with E-state index in [2.05, 4.69) is 10.5 Å². The van der Waals surface area contributed by atoms with Gasteiger partial charge in [-0.15, -0.1) is 0 Å². The molecule has 1 aromatic carbocycles. The Morgan fingerprint density at radius 1 is 1.17 bits per heavy atom. The van der Waals surface area contributed by atoms with Crippen molar-refractivity contribution in [3.05, 3.63) is 87.3 Å². The van der Waals surface area contributed by atoms with E-state index in [0.29, 0.717) is 31.0 Å². The molecule has 0 radical (unpaired) electrons. The summed E-state index contributed by atoms with van der Waals surface area (Å²) in [6.45, 7) is 3.75. The molecule has 9 heteroatoms. The number of hydrogen-bond donors (Lipinski definition) is 2. The molecule has 0 aliphatic carbocycles. The van der Waals surface area contributed by atoms with Gasteiger partial charge in [0.1, 0.15) is 5.82 Å². The van der Waals surface area contributed by atoms with Crippen molar-refractivity contribution in [1.29, 1.82) is 0 Å². The zero-order valence-electron chi connectivity index (χ0n) is 16.5. The molecule has 3 heterocycles. The van der Waals surface area contributed by atoms with E-state index >= 15 is 0 Å². The highest BCUT2D eigenvalue weighted by Crippen LogP contribution is 2.33. The minimum absolute atomic E-state index is 0.260. The summed E-state index contributed by atoms with van der Waals surface area (Å²) < 4.78 is 21.7. The summed E-state index contributed by atoms with van der Waals surface area (Å²) >= 11 is 0. The van der Waals surface area contributed by atoms with Crippen LogP contribution in [0, 0.1) is 5.82 Å². The maximum Gasteiger partial charge on any atom is 0.268 e. The first kappa shape index (κ1) is 20.0. The maximum absolute atomic E-state index is 13.4. The topological polar surface area (TPSA) is 104 Å². The number of ether oxygens (including phenoxy) is 1. The number of carbonyl (C=O) groups excluding carboxylic acids is 1. The van der Waals surface area contributed by atoms with Gasteiger partial charge < -0.3 is 9.30 Å². The predicted molar refractivity (Wildman–Crippen MR) is 107 cm³/mol. The van der Waals surface area contributed by atoms with Gasteiger partial charge in [-0.05, 0) is 24.1 Å². The molecule has 30 heavy (non-hydrogen) atoms. The van der Waals surface area contributed by atoms with E-state index in [4.69, 9.17) is 10.6 Å². The van der Waals surface area contributed by atoms with Crippen molar-refractivity contribution in [3.8, 4) is 0 Å². The molecule has 1 fully saturated rings. The molecule has 1 aliphatic rings. The molecule has 0 saturated carbocycles. The van der Waals surface area contributed by atoms with Crippen LogP contribution in [0.2, 0.25) is 0 Å². The zero-order valence-corrected chi connectivity index (χ0v) is 16.5. The van der Waals surface area contributed by atoms with Crippen molar-refractivity contribution in [1.82, 2.24) is 19.8 Å². The first-order valence-electron chi connectivity index (χ1n) is 9.48. The van der Waals surface area contributed by atoms with Crippen LogP contribution in [0.1, 0.15) is 34.1 Å². The van der Waals surface area contributed by atoms with Gasteiger partial charge in [-0.3, -0.25) is 19.7 Å². The summed E-state index contributed by atoms with van der Waals surface area (Å²) in [6, 6.07) is 9.95. The Labute approximate surface area is 172 Å². The second kappa shape index (κ2) is 7.85. The molecule has 2 aromatic heterocycles. The first-order chi connectivity index (χ1) is 14.4. The van der Waals surface area contributed by atoms with Crippen molar-refractivity contribution < 1.29 is 13.9 Å². The van der Waals surface area contributed by atoms with Gasteiger partial charge in [0.2, 0.25) is 0 Å². The second-order valence-corrected chi connectivity index (χ2v) is 7.75. The molecule has 8 nitrogen and oxygen atoms in total. The van der Waals surface area contributed by atoms with Gasteiger partial charge in [0.25, 0.3) is 11.5 Å². The summed E-state index contributed by atoms with van der Waals surface area (Å²) in [5, 5.41) is 4.61. The maximum atomic E-state index is 13.4. The molecule has 0 unspecified atom stereocenters. The lowest BCUT2D eigenvalue weighted by atomic mass is 9.83. The Morgan fingerprint density at radius 3 is 2.43 bits per heavy atom. The molecule has 4 rings (SSSR count). The van der Waals surface area contributed by atoms with Gasteiger partial charge in [-0.25, -0.2) is 10.2 Å². The summed E-state index contributed by atoms with van der Waals surface area (Å²) in [6.07, 6.45) is 2.87. The van der Waals surface area contributed by atoms with Crippen LogP contribution in [0.4, 0.5) is 4.39 Å². The third-order valence-electron chi connectivity index (χ3n) is 5.22. The Bertz CT molecular complexity index is 1130. The highest BCUT2D eigenvalue weighted by atomic mass is 19.1. The van der Waals surface area contributed by atoms with E-state index in [1.54, 1.807) is 10.9 Å². The molecule has 1 amide bonds. The van der Waals surface area contributed by atoms with Crippen molar-refractivity contribution >= 4 is 5.91 Å². The molecule has 3 aromatic rings. The Hall–Kier alpha value is -3.30. The molecule has 156 valence electrons. The number of rotatable bonds is 6. The average Bonchev–Trinajstić information content (AvgIpc) is 3.14. The molecule has 0 bridgehead atoms. The molecule has 1 aliphatic heterocycles. The van der Waals surface area contributed by atoms with Crippen LogP contribution in [0.15, 0.2) is 53.6 Å². The van der Waals surface area contributed by atoms with E-state index in [0.717, 1.165) is 17.2 Å². The van der Waals surface area contributed by atoms with Crippen molar-refractivity contribution in [2.45, 2.75) is 25.4 Å². The van der Waals surface area contributed by atoms with Crippen LogP contribution in [-0.2, 0) is 23.2 Å². The van der Waals surface area contributed by atoms with Gasteiger partial charge >= 0.3 is 0 Å². The SMILES string of the molecule is CC1(c2nn(Cc3ccc(Cn4cc(F)ccc4=O)cc3)cc2C(=O)NN)COC1. The second-order valence-electron chi connectivity index (χ2n) is 7.75. The molecular weight excluding hydrogens is 389 g/mol. The first-order valence-corrected chi connectivity index (χ1v) is 9.48. The number of carbonyl (C=O) groups is 1. The van der Waals surface area contributed by atoms with Gasteiger partial charge in [-0.1, -0.05) is 24.3 Å². The normalized spacial score (nSPS) is 14.9. The Balaban J connectivity index is 1.53. The average molecular weight is 411 g/mol. The minimum Gasteiger partial charge on any atom is -0.379 e. The van der Waals surface area contributed by atoms with E-state index in [-0.39, 0.29) is 23.4 Å². The molecule has 0 atom stereocenters. The molecule has 3 N–H and O–H groups in total. The molecule has 0 spiro atoms. The minimum atomic E-state index is -0.455. The Kier molecular flexibility index (Phi) is 5.23. The van der Waals surface area contributed by atoms with Crippen molar-refractivity contribution in [2.75, 3.05) is 13.2 Å². The van der Waals surface area contributed by atoms with Crippen LogP contribution in [0.3, 0.4) is 0 Å². The standard InChI is InChI=1S/C21H22FN5O3/c1-21(12-30-13-21)19-17(20(29)24-23)11-27(25-19)9-15-4-2-14(3-5-15)8-26-10-16(22)6-7-18(26)28/h2-7,10-11H,8-9,12-13,23H2,1H3,(H,24,29). The smallest absolute Gasteiger partial charge is 0.268 e. The number of hydrogen-bond acceptors (Lipinski definition) is 5. The molecule has 1 saturated heterocycles. The van der Waals surface area contributed by atoms with Crippen LogP contribution >= 0.6 is 0 Å². The number of pyridine rings is 1. The fraction of sp³-hybridized carbons (Fsp3) is 0.286. The van der Waals surface area contributed by atoms with E-state index < -0.39 is 5.82 Å². The van der Waals surface area contributed by atoms with E-state index in [9.17, 15) is 14.0 Å². The number of nitrogen functional groups attached to an aromatic ring is 1. The lowest BCUT2D eigenvalue weighted by molar-refractivity contribution is -0.0525. The van der Waals surface area contributed by atoms with E-state index in [1.165, 1.54) is 16.8 Å². The van der Waals surface area contributed by atoms with Crippen molar-refractivity contribution in [2.24, 2.45) is 5.84 Å². The highest BCUT2D eigenvalue weighted by Gasteiger charge is 2.40. The monoisotopic (exact) mass is 411 g/mol. The lowest BCUT2D eigenvalue weighted by Crippen LogP contribution is -2.46. The fourth-order valence-corrected chi connectivity index (χ4v) is 3.50. The fourth-order valence-electron chi connectivity index (χ4n) is 3.50. The summed E-state index contributed by atoms with van der Waals surface area (Å²) in [5.74, 6) is 4.48. The third kappa shape index (κ3) is 3.89. The molecular formula is C21H22FN5O3. The Morgan fingerprint density at radius 2 is 1.83 bits per heavy atom. The summed E-state index contributed by atoms with van der Waals surface area (Å²) in [5.41, 5.74) is 4.54. The van der Waals surface area contributed by atoms with E-state index in [1.807, 2.05) is 31.2 Å². The van der Waals surface area contributed by atoms with Crippen LogP contribution < -0.4 is 16.8 Å². The summed E-state index contributed by atoms with van der Waals surface area (Å²) in [4.78, 5) is 24.0. The number of amides is 1. The van der Waals surface area contributed by atoms with Crippen molar-refractivity contribution in [3.63, 3.8) is 0 Å². The van der Waals surface area contributed by atoms with Gasteiger partial charge in [0.15, 0.2) is 0 Å². The largest absolute Gasteiger partial charge is 0.379 e. The number of hydrazine groups is 1. The van der Waals surface area contributed by atoms with Crippen LogP contribution in [0.25, 0.3) is 0 Å². The van der Waals surface area contributed by atoms with Crippen LogP contribution in [0.5, 0.6) is 0 Å². The quantitative estimate of drug-likeness (QED) is 0.360. The number of nitrogens with zero attached hydrogens (tertiary/aromatic N) is 3. The number of aromatic nitrogens is 3. The van der Waals surface area contributed by atoms with Crippen LogP contribution in [-0.4, -0.2) is 33.5 Å².